The molecule has 1 heterocycles. The van der Waals surface area contributed by atoms with E-state index in [1.165, 1.54) is 38.8 Å². The maximum Gasteiger partial charge on any atom is 0.128 e. The largest absolute Gasteiger partial charge is 0.493 e. The number of rotatable bonds is 13. The highest BCUT2D eigenvalue weighted by Gasteiger charge is 2.11. The molecule has 0 saturated heterocycles. The van der Waals surface area contributed by atoms with E-state index in [-0.39, 0.29) is 0 Å². The summed E-state index contributed by atoms with van der Waals surface area (Å²) < 4.78 is 6.20. The Morgan fingerprint density at radius 2 is 1.50 bits per heavy atom. The van der Waals surface area contributed by atoms with Crippen molar-refractivity contribution < 1.29 is 4.74 Å². The lowest BCUT2D eigenvalue weighted by Gasteiger charge is -2.22. The van der Waals surface area contributed by atoms with Gasteiger partial charge in [0.1, 0.15) is 10.8 Å². The van der Waals surface area contributed by atoms with Gasteiger partial charge in [-0.2, -0.15) is 0 Å². The summed E-state index contributed by atoms with van der Waals surface area (Å²) in [7, 11) is 0. The molecule has 0 unspecified atom stereocenters. The summed E-state index contributed by atoms with van der Waals surface area (Å²) >= 11 is 1.68. The summed E-state index contributed by atoms with van der Waals surface area (Å²) in [5, 5.41) is 3.17. The van der Waals surface area contributed by atoms with Crippen LogP contribution >= 0.6 is 11.3 Å². The van der Waals surface area contributed by atoms with Crippen molar-refractivity contribution >= 4 is 11.3 Å². The molecule has 2 aromatic carbocycles. The van der Waals surface area contributed by atoms with Crippen LogP contribution in [0.15, 0.2) is 60.0 Å². The summed E-state index contributed by atoms with van der Waals surface area (Å²) in [6, 6.07) is 18.6. The molecular formula is C26H34N2OS. The van der Waals surface area contributed by atoms with Crippen molar-refractivity contribution in [2.45, 2.75) is 46.0 Å². The van der Waals surface area contributed by atoms with Crippen molar-refractivity contribution in [1.82, 2.24) is 9.88 Å². The van der Waals surface area contributed by atoms with Gasteiger partial charge in [0.25, 0.3) is 0 Å². The van der Waals surface area contributed by atoms with E-state index < -0.39 is 0 Å². The zero-order chi connectivity index (χ0) is 21.0. The molecule has 0 N–H and O–H groups in total. The number of benzene rings is 2. The first-order valence-electron chi connectivity index (χ1n) is 11.3. The van der Waals surface area contributed by atoms with Gasteiger partial charge in [0, 0.05) is 23.1 Å². The molecule has 0 spiro atoms. The van der Waals surface area contributed by atoms with Crippen LogP contribution in [0.25, 0.3) is 21.8 Å². The van der Waals surface area contributed by atoms with Gasteiger partial charge < -0.3 is 9.64 Å². The lowest BCUT2D eigenvalue weighted by molar-refractivity contribution is 0.229. The second-order valence-electron chi connectivity index (χ2n) is 7.65. The molecule has 3 aromatic rings. The molecule has 0 radical (unpaired) electrons. The van der Waals surface area contributed by atoms with Crippen molar-refractivity contribution in [2.75, 3.05) is 26.2 Å². The van der Waals surface area contributed by atoms with Gasteiger partial charge in [0.05, 0.1) is 12.3 Å². The number of hydrogen-bond acceptors (Lipinski definition) is 4. The van der Waals surface area contributed by atoms with Crippen LogP contribution in [-0.4, -0.2) is 36.1 Å². The van der Waals surface area contributed by atoms with Gasteiger partial charge in [0.15, 0.2) is 0 Å². The standard InChI is InChI=1S/C26H34N2OS/c1-3-5-17-28(18-6-4-2)19-12-20-29-25-16-11-10-15-23(25)24-21-30-26(27-24)22-13-8-7-9-14-22/h7-11,13-16,21H,3-6,12,17-20H2,1-2H3. The Balaban J connectivity index is 1.59. The Morgan fingerprint density at radius 3 is 2.23 bits per heavy atom. The normalized spacial score (nSPS) is 11.2. The molecule has 1 aromatic heterocycles. The minimum atomic E-state index is 0.738. The van der Waals surface area contributed by atoms with Crippen molar-refractivity contribution in [1.29, 1.82) is 0 Å². The highest BCUT2D eigenvalue weighted by molar-refractivity contribution is 7.13. The highest BCUT2D eigenvalue weighted by atomic mass is 32.1. The van der Waals surface area contributed by atoms with Gasteiger partial charge >= 0.3 is 0 Å². The maximum atomic E-state index is 6.20. The first-order chi connectivity index (χ1) is 14.8. The molecule has 0 aliphatic carbocycles. The fourth-order valence-electron chi connectivity index (χ4n) is 3.48. The van der Waals surface area contributed by atoms with Crippen molar-refractivity contribution in [2.24, 2.45) is 0 Å². The molecule has 0 bridgehead atoms. The van der Waals surface area contributed by atoms with Crippen molar-refractivity contribution in [3.63, 3.8) is 0 Å². The molecule has 0 aliphatic rings. The van der Waals surface area contributed by atoms with Gasteiger partial charge in [-0.3, -0.25) is 0 Å². The maximum absolute atomic E-state index is 6.20. The number of hydrogen-bond donors (Lipinski definition) is 0. The van der Waals surface area contributed by atoms with Crippen LogP contribution in [-0.2, 0) is 0 Å². The van der Waals surface area contributed by atoms with E-state index in [9.17, 15) is 0 Å². The second-order valence-corrected chi connectivity index (χ2v) is 8.51. The molecule has 3 rings (SSSR count). The van der Waals surface area contributed by atoms with E-state index in [0.717, 1.165) is 47.2 Å². The summed E-state index contributed by atoms with van der Waals surface area (Å²) in [4.78, 5) is 7.46. The van der Waals surface area contributed by atoms with E-state index in [1.807, 2.05) is 12.1 Å². The lowest BCUT2D eigenvalue weighted by atomic mass is 10.1. The monoisotopic (exact) mass is 422 g/mol. The van der Waals surface area contributed by atoms with Gasteiger partial charge in [-0.05, 0) is 44.5 Å². The molecule has 0 amide bonds. The third-order valence-corrected chi connectivity index (χ3v) is 6.11. The first kappa shape index (κ1) is 22.5. The lowest BCUT2D eigenvalue weighted by Crippen LogP contribution is -2.28. The third-order valence-electron chi connectivity index (χ3n) is 5.22. The minimum absolute atomic E-state index is 0.738. The predicted octanol–water partition coefficient (Wildman–Crippen LogP) is 7.15. The zero-order valence-corrected chi connectivity index (χ0v) is 19.2. The van der Waals surface area contributed by atoms with Gasteiger partial charge in [-0.25, -0.2) is 4.98 Å². The van der Waals surface area contributed by atoms with Gasteiger partial charge in [0.2, 0.25) is 0 Å². The minimum Gasteiger partial charge on any atom is -0.493 e. The molecule has 4 heteroatoms. The Kier molecular flexibility index (Phi) is 9.39. The molecule has 0 fully saturated rings. The van der Waals surface area contributed by atoms with Crippen LogP contribution in [0.3, 0.4) is 0 Å². The Bertz CT molecular complexity index is 854. The Hall–Kier alpha value is -2.17. The second kappa shape index (κ2) is 12.5. The van der Waals surface area contributed by atoms with Gasteiger partial charge in [-0.15, -0.1) is 11.3 Å². The smallest absolute Gasteiger partial charge is 0.128 e. The predicted molar refractivity (Wildman–Crippen MR) is 129 cm³/mol. The van der Waals surface area contributed by atoms with Crippen LogP contribution in [0, 0.1) is 0 Å². The third kappa shape index (κ3) is 6.68. The molecule has 30 heavy (non-hydrogen) atoms. The molecule has 0 saturated carbocycles. The summed E-state index contributed by atoms with van der Waals surface area (Å²) in [5.74, 6) is 0.927. The molecule has 3 nitrogen and oxygen atoms in total. The van der Waals surface area contributed by atoms with Crippen LogP contribution in [0.2, 0.25) is 0 Å². The van der Waals surface area contributed by atoms with Crippen molar-refractivity contribution in [3.05, 3.63) is 60.0 Å². The SMILES string of the molecule is CCCCN(CCCC)CCCOc1ccccc1-c1csc(-c2ccccc2)n1. The van der Waals surface area contributed by atoms with Crippen LogP contribution in [0.1, 0.15) is 46.0 Å². The molecule has 160 valence electrons. The highest BCUT2D eigenvalue weighted by Crippen LogP contribution is 2.33. The Morgan fingerprint density at radius 1 is 0.833 bits per heavy atom. The molecule has 0 aliphatic heterocycles. The zero-order valence-electron chi connectivity index (χ0n) is 18.3. The fourth-order valence-corrected chi connectivity index (χ4v) is 4.31. The number of unbranched alkanes of at least 4 members (excludes halogenated alkanes) is 2. The average Bonchev–Trinajstić information content (AvgIpc) is 3.29. The number of para-hydroxylation sites is 1. The van der Waals surface area contributed by atoms with E-state index >= 15 is 0 Å². The number of thiazole rings is 1. The molecular weight excluding hydrogens is 388 g/mol. The van der Waals surface area contributed by atoms with E-state index in [4.69, 9.17) is 9.72 Å². The van der Waals surface area contributed by atoms with E-state index in [1.54, 1.807) is 11.3 Å². The van der Waals surface area contributed by atoms with E-state index in [0.29, 0.717) is 0 Å². The molecule has 0 atom stereocenters. The summed E-state index contributed by atoms with van der Waals surface area (Å²) in [6.45, 7) is 8.78. The number of aromatic nitrogens is 1. The topological polar surface area (TPSA) is 25.4 Å². The first-order valence-corrected chi connectivity index (χ1v) is 12.1. The van der Waals surface area contributed by atoms with Crippen LogP contribution in [0.4, 0.5) is 0 Å². The number of ether oxygens (including phenoxy) is 1. The summed E-state index contributed by atoms with van der Waals surface area (Å²) in [6.07, 6.45) is 6.12. The number of nitrogens with zero attached hydrogens (tertiary/aromatic N) is 2. The van der Waals surface area contributed by atoms with Crippen LogP contribution < -0.4 is 4.74 Å². The van der Waals surface area contributed by atoms with Crippen LogP contribution in [0.5, 0.6) is 5.75 Å². The average molecular weight is 423 g/mol. The summed E-state index contributed by atoms with van der Waals surface area (Å²) in [5.41, 5.74) is 3.22. The quantitative estimate of drug-likeness (QED) is 0.274. The van der Waals surface area contributed by atoms with Crippen molar-refractivity contribution in [3.8, 4) is 27.6 Å². The Labute approximate surface area is 185 Å². The fraction of sp³-hybridized carbons (Fsp3) is 0.423. The van der Waals surface area contributed by atoms with Gasteiger partial charge in [-0.1, -0.05) is 69.2 Å². The van der Waals surface area contributed by atoms with E-state index in [2.05, 4.69) is 66.6 Å².